The van der Waals surface area contributed by atoms with Gasteiger partial charge in [-0.25, -0.2) is 21.2 Å². The van der Waals surface area contributed by atoms with Gasteiger partial charge in [-0.05, 0) is 78.4 Å². The molecule has 214 valence electrons. The third-order valence-corrected chi connectivity index (χ3v) is 9.23. The van der Waals surface area contributed by atoms with Crippen LogP contribution in [0.3, 0.4) is 0 Å². The Bertz CT molecular complexity index is 1880. The summed E-state index contributed by atoms with van der Waals surface area (Å²) in [7, 11) is -8.58. The lowest BCUT2D eigenvalue weighted by Gasteiger charge is -2.14. The second-order valence-corrected chi connectivity index (χ2v) is 13.7. The molecule has 4 aromatic rings. The summed E-state index contributed by atoms with van der Waals surface area (Å²) < 4.78 is 72.9. The van der Waals surface area contributed by atoms with Gasteiger partial charge in [0.15, 0.2) is 9.84 Å². The molecule has 0 aliphatic heterocycles. The molecular weight excluding hydrogens is 574 g/mol. The van der Waals surface area contributed by atoms with E-state index in [1.807, 2.05) is 0 Å². The van der Waals surface area contributed by atoms with Crippen molar-refractivity contribution in [3.8, 4) is 11.3 Å². The van der Waals surface area contributed by atoms with Crippen LogP contribution in [0.15, 0.2) is 63.9 Å². The second-order valence-electron chi connectivity index (χ2n) is 9.97. The number of amides is 1. The molecule has 3 aromatic carbocycles. The van der Waals surface area contributed by atoms with Crippen LogP contribution >= 0.6 is 0 Å². The van der Waals surface area contributed by atoms with Crippen LogP contribution in [0.2, 0.25) is 0 Å². The first kappa shape index (κ1) is 28.8. The molecule has 1 heterocycles. The molecule has 0 atom stereocenters. The number of anilines is 1. The summed E-state index contributed by atoms with van der Waals surface area (Å²) in [5.41, 5.74) is 1.85. The molecule has 0 radical (unpaired) electrons. The molecule has 1 aromatic heterocycles. The van der Waals surface area contributed by atoms with Crippen molar-refractivity contribution in [2.75, 3.05) is 18.0 Å². The van der Waals surface area contributed by atoms with Crippen molar-refractivity contribution >= 4 is 55.0 Å². The van der Waals surface area contributed by atoms with E-state index in [2.05, 4.69) is 10.0 Å². The standard InChI is InChI=1S/C27H26BFN2O8S2/c1-30-27(32)25-21-13-20(15-3-4-15)17(11-23(21)39-26(25)16-5-7-18(29)8-6-16)14-41(37,38)31-19-9-10-22(28(33)34)24(12-19)40(2,35)36/h5-13,15,31,33-34H,3-4,14H2,1-2H3,(H,30,32). The van der Waals surface area contributed by atoms with Gasteiger partial charge in [0.2, 0.25) is 10.0 Å². The Kier molecular flexibility index (Phi) is 7.45. The van der Waals surface area contributed by atoms with Crippen LogP contribution < -0.4 is 15.5 Å². The van der Waals surface area contributed by atoms with Gasteiger partial charge in [0, 0.05) is 35.4 Å². The summed E-state index contributed by atoms with van der Waals surface area (Å²) in [5, 5.41) is 22.1. The molecule has 1 fully saturated rings. The second kappa shape index (κ2) is 10.6. The molecule has 0 bridgehead atoms. The fourth-order valence-electron chi connectivity index (χ4n) is 4.81. The van der Waals surface area contributed by atoms with Gasteiger partial charge in [0.25, 0.3) is 5.91 Å². The minimum Gasteiger partial charge on any atom is -0.455 e. The Morgan fingerprint density at radius 2 is 1.73 bits per heavy atom. The summed E-state index contributed by atoms with van der Waals surface area (Å²) in [5.74, 6) is -1.03. The van der Waals surface area contributed by atoms with Crippen LogP contribution in [-0.2, 0) is 25.6 Å². The molecule has 1 aliphatic rings. The number of hydrogen-bond acceptors (Lipinski definition) is 8. The van der Waals surface area contributed by atoms with Gasteiger partial charge in [-0.15, -0.1) is 0 Å². The Morgan fingerprint density at radius 3 is 2.32 bits per heavy atom. The molecule has 0 saturated heterocycles. The summed E-state index contributed by atoms with van der Waals surface area (Å²) in [6.45, 7) is 0. The van der Waals surface area contributed by atoms with E-state index in [0.29, 0.717) is 16.5 Å². The highest BCUT2D eigenvalue weighted by atomic mass is 32.2. The molecule has 1 amide bonds. The van der Waals surface area contributed by atoms with Crippen molar-refractivity contribution in [2.45, 2.75) is 29.4 Å². The van der Waals surface area contributed by atoms with E-state index in [0.717, 1.165) is 36.8 Å². The average molecular weight is 600 g/mol. The van der Waals surface area contributed by atoms with Crippen LogP contribution in [0.4, 0.5) is 10.1 Å². The third kappa shape index (κ3) is 6.00. The highest BCUT2D eigenvalue weighted by molar-refractivity contribution is 7.92. The van der Waals surface area contributed by atoms with Crippen molar-refractivity contribution in [2.24, 2.45) is 0 Å². The number of hydrogen-bond donors (Lipinski definition) is 4. The lowest BCUT2D eigenvalue weighted by Crippen LogP contribution is -2.34. The van der Waals surface area contributed by atoms with E-state index in [-0.39, 0.29) is 34.0 Å². The summed E-state index contributed by atoms with van der Waals surface area (Å²) in [6, 6.07) is 12.2. The molecular formula is C27H26BFN2O8S2. The lowest BCUT2D eigenvalue weighted by molar-refractivity contribution is 0.0964. The number of benzene rings is 3. The van der Waals surface area contributed by atoms with Gasteiger partial charge >= 0.3 is 7.12 Å². The number of carbonyl (C=O) groups is 1. The number of sulfone groups is 1. The minimum atomic E-state index is -4.09. The summed E-state index contributed by atoms with van der Waals surface area (Å²) in [4.78, 5) is 12.5. The number of rotatable bonds is 9. The molecule has 0 unspecified atom stereocenters. The molecule has 5 rings (SSSR count). The first-order chi connectivity index (χ1) is 19.3. The maximum absolute atomic E-state index is 13.6. The molecule has 14 heteroatoms. The molecule has 4 N–H and O–H groups in total. The average Bonchev–Trinajstić information content (AvgIpc) is 3.67. The third-order valence-electron chi connectivity index (χ3n) is 6.84. The van der Waals surface area contributed by atoms with Crippen molar-refractivity contribution in [3.05, 3.63) is 77.1 Å². The predicted molar refractivity (Wildman–Crippen MR) is 153 cm³/mol. The molecule has 10 nitrogen and oxygen atoms in total. The van der Waals surface area contributed by atoms with Crippen LogP contribution in [0.25, 0.3) is 22.3 Å². The van der Waals surface area contributed by atoms with E-state index < -0.39 is 49.4 Å². The van der Waals surface area contributed by atoms with Crippen LogP contribution in [0.5, 0.6) is 0 Å². The van der Waals surface area contributed by atoms with Gasteiger partial charge in [-0.3, -0.25) is 9.52 Å². The molecule has 0 spiro atoms. The number of furan rings is 1. The number of nitrogens with one attached hydrogen (secondary N) is 2. The Balaban J connectivity index is 1.56. The minimum absolute atomic E-state index is 0.0672. The fraction of sp³-hybridized carbons (Fsp3) is 0.222. The Morgan fingerprint density at radius 1 is 1.05 bits per heavy atom. The van der Waals surface area contributed by atoms with Crippen LogP contribution in [0.1, 0.15) is 40.2 Å². The van der Waals surface area contributed by atoms with Crippen LogP contribution in [0, 0.1) is 5.82 Å². The Hall–Kier alpha value is -3.72. The molecule has 1 aliphatic carbocycles. The maximum Gasteiger partial charge on any atom is 0.489 e. The van der Waals surface area contributed by atoms with Crippen molar-refractivity contribution in [3.63, 3.8) is 0 Å². The first-order valence-electron chi connectivity index (χ1n) is 12.6. The van der Waals surface area contributed by atoms with Crippen molar-refractivity contribution in [1.82, 2.24) is 5.32 Å². The zero-order chi connectivity index (χ0) is 29.7. The van der Waals surface area contributed by atoms with Gasteiger partial charge in [-0.2, -0.15) is 0 Å². The smallest absolute Gasteiger partial charge is 0.455 e. The van der Waals surface area contributed by atoms with Gasteiger partial charge < -0.3 is 19.8 Å². The number of fused-ring (bicyclic) bond motifs is 1. The van der Waals surface area contributed by atoms with Crippen molar-refractivity contribution in [1.29, 1.82) is 0 Å². The SMILES string of the molecule is CNC(=O)c1c(-c2ccc(F)cc2)oc2cc(CS(=O)(=O)Nc3ccc(B(O)O)c(S(C)(=O)=O)c3)c(C3CC3)cc12. The van der Waals surface area contributed by atoms with Gasteiger partial charge in [0.05, 0.1) is 16.2 Å². The Labute approximate surface area is 236 Å². The predicted octanol–water partition coefficient (Wildman–Crippen LogP) is 2.50. The maximum atomic E-state index is 13.6. The highest BCUT2D eigenvalue weighted by Gasteiger charge is 2.31. The lowest BCUT2D eigenvalue weighted by atomic mass is 9.80. The largest absolute Gasteiger partial charge is 0.489 e. The first-order valence-corrected chi connectivity index (χ1v) is 16.1. The summed E-state index contributed by atoms with van der Waals surface area (Å²) >= 11 is 0. The number of sulfonamides is 1. The van der Waals surface area contributed by atoms with Gasteiger partial charge in [0.1, 0.15) is 17.2 Å². The summed E-state index contributed by atoms with van der Waals surface area (Å²) in [6.07, 6.45) is 2.56. The van der Waals surface area contributed by atoms with E-state index >= 15 is 0 Å². The highest BCUT2D eigenvalue weighted by Crippen LogP contribution is 2.45. The molecule has 1 saturated carbocycles. The zero-order valence-corrected chi connectivity index (χ0v) is 23.6. The van der Waals surface area contributed by atoms with E-state index in [9.17, 15) is 36.1 Å². The van der Waals surface area contributed by atoms with Gasteiger partial charge in [-0.1, -0.05) is 6.07 Å². The normalized spacial score (nSPS) is 13.8. The number of carbonyl (C=O) groups excluding carboxylic acids is 1. The number of halogens is 1. The fourth-order valence-corrected chi connectivity index (χ4v) is 6.97. The topological polar surface area (TPSA) is 163 Å². The van der Waals surface area contributed by atoms with E-state index in [4.69, 9.17) is 4.42 Å². The monoisotopic (exact) mass is 600 g/mol. The quantitative estimate of drug-likeness (QED) is 0.213. The van der Waals surface area contributed by atoms with E-state index in [1.54, 1.807) is 12.1 Å². The molecule has 41 heavy (non-hydrogen) atoms. The zero-order valence-electron chi connectivity index (χ0n) is 22.0. The van der Waals surface area contributed by atoms with Crippen molar-refractivity contribution < 1.29 is 40.5 Å². The van der Waals surface area contributed by atoms with Crippen LogP contribution in [-0.4, -0.2) is 53.2 Å². The van der Waals surface area contributed by atoms with E-state index in [1.165, 1.54) is 37.4 Å².